The van der Waals surface area contributed by atoms with E-state index in [-0.39, 0.29) is 23.6 Å². The number of carbonyl (C=O) groups excluding carboxylic acids is 1. The van der Waals surface area contributed by atoms with E-state index in [0.29, 0.717) is 42.5 Å². The lowest BCUT2D eigenvalue weighted by atomic mass is 10.1. The second kappa shape index (κ2) is 9.02. The summed E-state index contributed by atoms with van der Waals surface area (Å²) in [5.41, 5.74) is 1.11. The zero-order chi connectivity index (χ0) is 23.8. The summed E-state index contributed by atoms with van der Waals surface area (Å²) in [5, 5.41) is 0.309. The third kappa shape index (κ3) is 5.11. The molecule has 0 bridgehead atoms. The Bertz CT molecular complexity index is 1210. The number of hydrogen-bond acceptors (Lipinski definition) is 4. The largest absolute Gasteiger partial charge is 0.444 e. The smallest absolute Gasteiger partial charge is 0.410 e. The van der Waals surface area contributed by atoms with Crippen LogP contribution in [-0.4, -0.2) is 43.8 Å². The lowest BCUT2D eigenvalue weighted by molar-refractivity contribution is 0.0187. The molecular weight excluding hydrogens is 447 g/mol. The van der Waals surface area contributed by atoms with E-state index in [0.717, 1.165) is 5.56 Å². The average molecular weight is 473 g/mol. The molecule has 33 heavy (non-hydrogen) atoms. The number of aromatic nitrogens is 3. The maximum absolute atomic E-state index is 13.5. The van der Waals surface area contributed by atoms with E-state index in [4.69, 9.17) is 16.3 Å². The number of nitrogens with zero attached hydrogens (tertiary/aromatic N) is 4. The highest BCUT2D eigenvalue weighted by Gasteiger charge is 2.29. The normalized spacial score (nSPS) is 15.0. The molecule has 3 aromatic rings. The first-order valence-corrected chi connectivity index (χ1v) is 11.2. The zero-order valence-corrected chi connectivity index (χ0v) is 19.6. The number of pyridine rings is 1. The Labute approximate surface area is 196 Å². The van der Waals surface area contributed by atoms with Crippen LogP contribution in [0.2, 0.25) is 5.15 Å². The van der Waals surface area contributed by atoms with Crippen LogP contribution >= 0.6 is 11.6 Å². The van der Waals surface area contributed by atoms with Gasteiger partial charge in [-0.2, -0.15) is 0 Å². The second-order valence-electron chi connectivity index (χ2n) is 9.08. The van der Waals surface area contributed by atoms with Crippen LogP contribution in [0.1, 0.15) is 39.7 Å². The van der Waals surface area contributed by atoms with Gasteiger partial charge in [-0.15, -0.1) is 0 Å². The van der Waals surface area contributed by atoms with E-state index < -0.39 is 5.60 Å². The lowest BCUT2D eigenvalue weighted by Crippen LogP contribution is -2.43. The van der Waals surface area contributed by atoms with Gasteiger partial charge in [-0.1, -0.05) is 11.6 Å². The maximum atomic E-state index is 13.5. The van der Waals surface area contributed by atoms with Crippen molar-refractivity contribution < 1.29 is 13.9 Å². The Morgan fingerprint density at radius 3 is 2.42 bits per heavy atom. The molecule has 0 saturated carbocycles. The van der Waals surface area contributed by atoms with Crippen molar-refractivity contribution in [3.05, 3.63) is 70.2 Å². The Kier molecular flexibility index (Phi) is 6.30. The van der Waals surface area contributed by atoms with E-state index >= 15 is 0 Å². The highest BCUT2D eigenvalue weighted by atomic mass is 35.5. The van der Waals surface area contributed by atoms with Gasteiger partial charge in [0, 0.05) is 37.1 Å². The number of hydrogen-bond donors (Lipinski definition) is 0. The number of halogens is 2. The number of carbonyl (C=O) groups is 1. The molecule has 1 fully saturated rings. The standard InChI is InChI=1S/C24H26ClFN4O3/c1-24(2,3)33-23(32)28-12-9-18(10-13-28)29-15-20(16-8-11-27-21(25)14-16)30(22(29)31)19-6-4-17(26)5-7-19/h4-8,11,14-15,18H,9-10,12-13H2,1-3H3. The van der Waals surface area contributed by atoms with Crippen LogP contribution in [0.4, 0.5) is 9.18 Å². The highest BCUT2D eigenvalue weighted by molar-refractivity contribution is 6.29. The quantitative estimate of drug-likeness (QED) is 0.499. The molecule has 1 aliphatic rings. The minimum atomic E-state index is -0.558. The SMILES string of the molecule is CC(C)(C)OC(=O)N1CCC(n2cc(-c3ccnc(Cl)c3)n(-c3ccc(F)cc3)c2=O)CC1. The number of likely N-dealkylation sites (tertiary alicyclic amines) is 1. The summed E-state index contributed by atoms with van der Waals surface area (Å²) in [4.78, 5) is 31.6. The van der Waals surface area contributed by atoms with Gasteiger partial charge in [0.2, 0.25) is 0 Å². The van der Waals surface area contributed by atoms with Gasteiger partial charge in [0.1, 0.15) is 16.6 Å². The molecule has 0 spiro atoms. The summed E-state index contributed by atoms with van der Waals surface area (Å²) in [6.45, 7) is 6.49. The highest BCUT2D eigenvalue weighted by Crippen LogP contribution is 2.28. The number of ether oxygens (including phenoxy) is 1. The van der Waals surface area contributed by atoms with Gasteiger partial charge in [-0.3, -0.25) is 9.13 Å². The summed E-state index contributed by atoms with van der Waals surface area (Å²) in [6, 6.07) is 9.15. The summed E-state index contributed by atoms with van der Waals surface area (Å²) in [6.07, 6.45) is 4.26. The fourth-order valence-electron chi connectivity index (χ4n) is 3.98. The Morgan fingerprint density at radius 2 is 1.82 bits per heavy atom. The van der Waals surface area contributed by atoms with E-state index in [1.165, 1.54) is 12.1 Å². The fraction of sp³-hybridized carbons (Fsp3) is 0.375. The number of piperidine rings is 1. The van der Waals surface area contributed by atoms with Crippen molar-refractivity contribution in [3.8, 4) is 16.9 Å². The second-order valence-corrected chi connectivity index (χ2v) is 9.47. The van der Waals surface area contributed by atoms with E-state index in [9.17, 15) is 14.0 Å². The van der Waals surface area contributed by atoms with Crippen LogP contribution < -0.4 is 5.69 Å². The van der Waals surface area contributed by atoms with E-state index in [1.54, 1.807) is 50.7 Å². The summed E-state index contributed by atoms with van der Waals surface area (Å²) in [5.74, 6) is -0.380. The number of rotatable bonds is 3. The van der Waals surface area contributed by atoms with E-state index in [1.807, 2.05) is 20.8 Å². The monoisotopic (exact) mass is 472 g/mol. The molecule has 0 unspecified atom stereocenters. The minimum Gasteiger partial charge on any atom is -0.444 e. The van der Waals surface area contributed by atoms with Gasteiger partial charge in [0.25, 0.3) is 0 Å². The summed E-state index contributed by atoms with van der Waals surface area (Å²) in [7, 11) is 0. The zero-order valence-electron chi connectivity index (χ0n) is 18.8. The van der Waals surface area contributed by atoms with Crippen LogP contribution in [-0.2, 0) is 4.74 Å². The average Bonchev–Trinajstić information content (AvgIpc) is 3.10. The van der Waals surface area contributed by atoms with Gasteiger partial charge in [-0.25, -0.2) is 19.0 Å². The maximum Gasteiger partial charge on any atom is 0.410 e. The first kappa shape index (κ1) is 23.0. The van der Waals surface area contributed by atoms with Crippen molar-refractivity contribution >= 4 is 17.7 Å². The molecule has 1 amide bonds. The molecule has 0 atom stereocenters. The molecule has 1 saturated heterocycles. The van der Waals surface area contributed by atoms with Crippen LogP contribution in [0.5, 0.6) is 0 Å². The molecule has 2 aromatic heterocycles. The van der Waals surface area contributed by atoms with Crippen molar-refractivity contribution in [2.75, 3.05) is 13.1 Å². The number of imidazole rings is 1. The van der Waals surface area contributed by atoms with Crippen LogP contribution in [0.15, 0.2) is 53.6 Å². The third-order valence-electron chi connectivity index (χ3n) is 5.53. The molecule has 1 aliphatic heterocycles. The number of amides is 1. The van der Waals surface area contributed by atoms with Crippen LogP contribution in [0, 0.1) is 5.82 Å². The molecule has 3 heterocycles. The predicted octanol–water partition coefficient (Wildman–Crippen LogP) is 5.07. The Morgan fingerprint density at radius 1 is 1.15 bits per heavy atom. The fourth-order valence-corrected chi connectivity index (χ4v) is 4.16. The first-order chi connectivity index (χ1) is 15.6. The number of benzene rings is 1. The molecule has 0 N–H and O–H groups in total. The van der Waals surface area contributed by atoms with Crippen molar-refractivity contribution in [3.63, 3.8) is 0 Å². The molecule has 1 aromatic carbocycles. The molecule has 4 rings (SSSR count). The summed E-state index contributed by atoms with van der Waals surface area (Å²) < 4.78 is 22.2. The molecule has 9 heteroatoms. The Hall–Kier alpha value is -3.13. The third-order valence-corrected chi connectivity index (χ3v) is 5.74. The first-order valence-electron chi connectivity index (χ1n) is 10.8. The van der Waals surface area contributed by atoms with Gasteiger partial charge in [0.05, 0.1) is 11.4 Å². The van der Waals surface area contributed by atoms with Crippen molar-refractivity contribution in [1.82, 2.24) is 19.0 Å². The van der Waals surface area contributed by atoms with Crippen molar-refractivity contribution in [2.24, 2.45) is 0 Å². The molecule has 0 aliphatic carbocycles. The van der Waals surface area contributed by atoms with Crippen molar-refractivity contribution in [2.45, 2.75) is 45.3 Å². The molecular formula is C24H26ClFN4O3. The van der Waals surface area contributed by atoms with Gasteiger partial charge >= 0.3 is 11.8 Å². The topological polar surface area (TPSA) is 69.4 Å². The molecule has 0 radical (unpaired) electrons. The van der Waals surface area contributed by atoms with Gasteiger partial charge in [-0.05, 0) is 70.0 Å². The van der Waals surface area contributed by atoms with E-state index in [2.05, 4.69) is 4.98 Å². The van der Waals surface area contributed by atoms with Gasteiger partial charge < -0.3 is 9.64 Å². The summed E-state index contributed by atoms with van der Waals surface area (Å²) >= 11 is 6.10. The molecule has 7 nitrogen and oxygen atoms in total. The lowest BCUT2D eigenvalue weighted by Gasteiger charge is -2.33. The van der Waals surface area contributed by atoms with Crippen LogP contribution in [0.25, 0.3) is 16.9 Å². The van der Waals surface area contributed by atoms with Crippen molar-refractivity contribution in [1.29, 1.82) is 0 Å². The minimum absolute atomic E-state index is 0.0889. The van der Waals surface area contributed by atoms with Gasteiger partial charge in [0.15, 0.2) is 0 Å². The Balaban J connectivity index is 1.66. The van der Waals surface area contributed by atoms with Crippen LogP contribution in [0.3, 0.4) is 0 Å². The molecule has 174 valence electrons. The predicted molar refractivity (Wildman–Crippen MR) is 124 cm³/mol.